The minimum Gasteiger partial charge on any atom is -0.476 e. The van der Waals surface area contributed by atoms with Gasteiger partial charge in [-0.1, -0.05) is 19.1 Å². The van der Waals surface area contributed by atoms with Crippen molar-refractivity contribution in [3.8, 4) is 0 Å². The standard InChI is InChI=1S/C12H20N4O4/c1-3-9(4-2)16(5-6-17)11(18)8-15-7-10(12(19)20)13-14-15/h7,9,17H,3-6,8H2,1-2H3,(H,19,20). The van der Waals surface area contributed by atoms with Gasteiger partial charge >= 0.3 is 5.97 Å². The van der Waals surface area contributed by atoms with E-state index >= 15 is 0 Å². The number of aromatic carboxylic acids is 1. The van der Waals surface area contributed by atoms with Crippen molar-refractivity contribution in [3.63, 3.8) is 0 Å². The van der Waals surface area contributed by atoms with Gasteiger partial charge in [0.2, 0.25) is 5.91 Å². The molecule has 1 aromatic heterocycles. The molecule has 0 fully saturated rings. The highest BCUT2D eigenvalue weighted by Gasteiger charge is 2.21. The van der Waals surface area contributed by atoms with E-state index in [1.165, 1.54) is 10.9 Å². The van der Waals surface area contributed by atoms with Crippen LogP contribution >= 0.6 is 0 Å². The van der Waals surface area contributed by atoms with Crippen molar-refractivity contribution in [2.75, 3.05) is 13.2 Å². The van der Waals surface area contributed by atoms with Crippen LogP contribution in [-0.4, -0.2) is 61.2 Å². The predicted molar refractivity (Wildman–Crippen MR) is 70.2 cm³/mol. The van der Waals surface area contributed by atoms with Crippen LogP contribution in [0.4, 0.5) is 0 Å². The number of carbonyl (C=O) groups excluding carboxylic acids is 1. The summed E-state index contributed by atoms with van der Waals surface area (Å²) in [5.74, 6) is -1.40. The molecule has 0 radical (unpaired) electrons. The maximum absolute atomic E-state index is 12.2. The molecular weight excluding hydrogens is 264 g/mol. The molecule has 8 nitrogen and oxygen atoms in total. The normalized spacial score (nSPS) is 10.8. The summed E-state index contributed by atoms with van der Waals surface area (Å²) in [5.41, 5.74) is -0.200. The molecule has 0 aliphatic rings. The summed E-state index contributed by atoms with van der Waals surface area (Å²) in [6.07, 6.45) is 2.80. The van der Waals surface area contributed by atoms with Crippen LogP contribution in [0.15, 0.2) is 6.20 Å². The quantitative estimate of drug-likeness (QED) is 0.694. The number of carboxylic acids is 1. The average Bonchev–Trinajstić information content (AvgIpc) is 2.87. The number of amides is 1. The molecule has 8 heteroatoms. The molecule has 0 aromatic carbocycles. The first-order valence-electron chi connectivity index (χ1n) is 6.57. The van der Waals surface area contributed by atoms with Gasteiger partial charge in [0.1, 0.15) is 6.54 Å². The molecule has 0 aliphatic heterocycles. The van der Waals surface area contributed by atoms with Crippen molar-refractivity contribution in [3.05, 3.63) is 11.9 Å². The van der Waals surface area contributed by atoms with Gasteiger partial charge in [-0.2, -0.15) is 0 Å². The molecule has 112 valence electrons. The number of nitrogens with zero attached hydrogens (tertiary/aromatic N) is 4. The molecule has 1 rings (SSSR count). The maximum Gasteiger partial charge on any atom is 0.358 e. The Labute approximate surface area is 117 Å². The summed E-state index contributed by atoms with van der Waals surface area (Å²) in [6, 6.07) is 0.0529. The highest BCUT2D eigenvalue weighted by molar-refractivity contribution is 5.84. The van der Waals surface area contributed by atoms with Crippen LogP contribution in [0.25, 0.3) is 0 Å². The number of aliphatic hydroxyl groups excluding tert-OH is 1. The average molecular weight is 284 g/mol. The molecule has 0 spiro atoms. The third-order valence-electron chi connectivity index (χ3n) is 3.10. The largest absolute Gasteiger partial charge is 0.476 e. The molecule has 0 unspecified atom stereocenters. The van der Waals surface area contributed by atoms with Gasteiger partial charge in [-0.25, -0.2) is 9.48 Å². The Morgan fingerprint density at radius 1 is 1.40 bits per heavy atom. The molecule has 0 atom stereocenters. The maximum atomic E-state index is 12.2. The van der Waals surface area contributed by atoms with E-state index in [2.05, 4.69) is 10.3 Å². The van der Waals surface area contributed by atoms with Gasteiger partial charge < -0.3 is 15.1 Å². The summed E-state index contributed by atoms with van der Waals surface area (Å²) in [6.45, 7) is 4.01. The lowest BCUT2D eigenvalue weighted by Crippen LogP contribution is -2.43. The molecule has 1 heterocycles. The Balaban J connectivity index is 2.76. The second kappa shape index (κ2) is 7.59. The van der Waals surface area contributed by atoms with E-state index in [9.17, 15) is 9.59 Å². The van der Waals surface area contributed by atoms with Crippen LogP contribution in [0.2, 0.25) is 0 Å². The molecule has 1 amide bonds. The fourth-order valence-electron chi connectivity index (χ4n) is 2.05. The van der Waals surface area contributed by atoms with Crippen molar-refractivity contribution in [2.45, 2.75) is 39.3 Å². The van der Waals surface area contributed by atoms with Crippen LogP contribution in [-0.2, 0) is 11.3 Å². The van der Waals surface area contributed by atoms with Gasteiger partial charge in [-0.3, -0.25) is 4.79 Å². The highest BCUT2D eigenvalue weighted by atomic mass is 16.4. The summed E-state index contributed by atoms with van der Waals surface area (Å²) in [4.78, 5) is 24.5. The lowest BCUT2D eigenvalue weighted by atomic mass is 10.1. The number of carbonyl (C=O) groups is 2. The van der Waals surface area contributed by atoms with Crippen LogP contribution in [0.3, 0.4) is 0 Å². The van der Waals surface area contributed by atoms with Gasteiger partial charge in [0.05, 0.1) is 12.8 Å². The lowest BCUT2D eigenvalue weighted by molar-refractivity contribution is -0.135. The van der Waals surface area contributed by atoms with Crippen molar-refractivity contribution in [1.29, 1.82) is 0 Å². The van der Waals surface area contributed by atoms with Crippen LogP contribution in [0, 0.1) is 0 Å². The molecule has 20 heavy (non-hydrogen) atoms. The van der Waals surface area contributed by atoms with E-state index in [1.54, 1.807) is 4.90 Å². The Kier molecular flexibility index (Phi) is 6.10. The van der Waals surface area contributed by atoms with Crippen LogP contribution < -0.4 is 0 Å². The minimum absolute atomic E-state index is 0.0529. The van der Waals surface area contributed by atoms with Crippen molar-refractivity contribution < 1.29 is 19.8 Å². The highest BCUT2D eigenvalue weighted by Crippen LogP contribution is 2.09. The van der Waals surface area contributed by atoms with E-state index in [0.717, 1.165) is 12.8 Å². The number of aromatic nitrogens is 3. The minimum atomic E-state index is -1.18. The molecule has 2 N–H and O–H groups in total. The lowest BCUT2D eigenvalue weighted by Gasteiger charge is -2.29. The van der Waals surface area contributed by atoms with Gasteiger partial charge in [-0.05, 0) is 12.8 Å². The first-order chi connectivity index (χ1) is 9.53. The van der Waals surface area contributed by atoms with Gasteiger partial charge in [-0.15, -0.1) is 5.10 Å². The van der Waals surface area contributed by atoms with Crippen LogP contribution in [0.5, 0.6) is 0 Å². The fourth-order valence-corrected chi connectivity index (χ4v) is 2.05. The monoisotopic (exact) mass is 284 g/mol. The second-order valence-corrected chi connectivity index (χ2v) is 4.39. The predicted octanol–water partition coefficient (Wildman–Crippen LogP) is -0.0142. The third-order valence-corrected chi connectivity index (χ3v) is 3.10. The Morgan fingerprint density at radius 3 is 2.50 bits per heavy atom. The van der Waals surface area contributed by atoms with E-state index in [4.69, 9.17) is 10.2 Å². The fraction of sp³-hybridized carbons (Fsp3) is 0.667. The first-order valence-corrected chi connectivity index (χ1v) is 6.57. The topological polar surface area (TPSA) is 109 Å². The zero-order chi connectivity index (χ0) is 15.1. The second-order valence-electron chi connectivity index (χ2n) is 4.39. The van der Waals surface area contributed by atoms with Crippen molar-refractivity contribution >= 4 is 11.9 Å². The summed E-state index contributed by atoms with van der Waals surface area (Å²) >= 11 is 0. The molecular formula is C12H20N4O4. The number of aliphatic hydroxyl groups is 1. The zero-order valence-electron chi connectivity index (χ0n) is 11.7. The van der Waals surface area contributed by atoms with E-state index in [1.807, 2.05) is 13.8 Å². The molecule has 1 aromatic rings. The van der Waals surface area contributed by atoms with Gasteiger partial charge in [0.15, 0.2) is 5.69 Å². The Hall–Kier alpha value is -1.96. The van der Waals surface area contributed by atoms with Gasteiger partial charge in [0.25, 0.3) is 0 Å². The van der Waals surface area contributed by atoms with Crippen molar-refractivity contribution in [1.82, 2.24) is 19.9 Å². The Morgan fingerprint density at radius 2 is 2.05 bits per heavy atom. The summed E-state index contributed by atoms with van der Waals surface area (Å²) in [5, 5.41) is 24.9. The first kappa shape index (κ1) is 16.1. The van der Waals surface area contributed by atoms with E-state index in [0.29, 0.717) is 0 Å². The Bertz CT molecular complexity index is 456. The number of hydrogen-bond acceptors (Lipinski definition) is 5. The molecule has 0 bridgehead atoms. The molecule has 0 aliphatic carbocycles. The number of hydrogen-bond donors (Lipinski definition) is 2. The van der Waals surface area contributed by atoms with Crippen LogP contribution in [0.1, 0.15) is 37.2 Å². The van der Waals surface area contributed by atoms with E-state index < -0.39 is 5.97 Å². The third kappa shape index (κ3) is 4.02. The SMILES string of the molecule is CCC(CC)N(CCO)C(=O)Cn1cc(C(=O)O)nn1. The summed E-state index contributed by atoms with van der Waals surface area (Å²) in [7, 11) is 0. The summed E-state index contributed by atoms with van der Waals surface area (Å²) < 4.78 is 1.19. The molecule has 0 saturated carbocycles. The van der Waals surface area contributed by atoms with Gasteiger partial charge in [0, 0.05) is 12.6 Å². The molecule has 0 saturated heterocycles. The zero-order valence-corrected chi connectivity index (χ0v) is 11.7. The number of rotatable bonds is 8. The van der Waals surface area contributed by atoms with Crippen molar-refractivity contribution in [2.24, 2.45) is 0 Å². The smallest absolute Gasteiger partial charge is 0.358 e. The number of carboxylic acid groups (broad SMARTS) is 1. The van der Waals surface area contributed by atoms with E-state index in [-0.39, 0.29) is 37.3 Å².